The van der Waals surface area contributed by atoms with Gasteiger partial charge in [0, 0.05) is 0 Å². The van der Waals surface area contributed by atoms with Crippen molar-refractivity contribution < 1.29 is 79.0 Å². The molecule has 0 fully saturated rings. The zero-order chi connectivity index (χ0) is 23.2. The quantitative estimate of drug-likeness (QED) is 0.337. The van der Waals surface area contributed by atoms with Crippen LogP contribution in [-0.2, 0) is 0 Å². The average Bonchev–Trinajstić information content (AvgIpc) is 2.37. The van der Waals surface area contributed by atoms with Crippen molar-refractivity contribution in [2.45, 2.75) is 47.9 Å². The van der Waals surface area contributed by atoms with Gasteiger partial charge in [0.05, 0.1) is 11.1 Å². The Morgan fingerprint density at radius 2 is 0.500 bits per heavy atom. The predicted octanol–water partition coefficient (Wildman–Crippen LogP) is 6.23. The molecular weight excluding hydrogens is 462 g/mol. The van der Waals surface area contributed by atoms with Gasteiger partial charge in [0.1, 0.15) is 0 Å². The second-order valence-electron chi connectivity index (χ2n) is 5.21. The van der Waals surface area contributed by atoms with Gasteiger partial charge < -0.3 is 0 Å². The van der Waals surface area contributed by atoms with Crippen LogP contribution in [0.1, 0.15) is 0 Å². The van der Waals surface area contributed by atoms with E-state index in [2.05, 4.69) is 0 Å². The Kier molecular flexibility index (Phi) is 4.85. The van der Waals surface area contributed by atoms with Crippen LogP contribution < -0.4 is 0 Å². The maximum Gasteiger partial charge on any atom is 0.435 e. The van der Waals surface area contributed by atoms with Gasteiger partial charge in [0.25, 0.3) is 0 Å². The summed E-state index contributed by atoms with van der Waals surface area (Å²) in [5, 5.41) is 0. The SMILES string of the molecule is FC(F)(F)C(F)(C1=C(C(F)(C(F)(F)F)C(F)(F)F)C(F)(F)C1(F)F)C(F)(F)F. The van der Waals surface area contributed by atoms with Gasteiger partial charge in [0.2, 0.25) is 0 Å². The van der Waals surface area contributed by atoms with Crippen molar-refractivity contribution in [3.63, 3.8) is 0 Å². The number of hydrogen-bond donors (Lipinski definition) is 0. The molecule has 0 heterocycles. The standard InChI is InChI=1S/C10F18/c11-3(7(17,18)19,8(20,21)22)1-2(6(15,16)5(1,13)14)4(12,9(23,24)25)10(26,27)28. The molecule has 0 aliphatic heterocycles. The Labute approximate surface area is 139 Å². The maximum atomic E-state index is 13.6. The summed E-state index contributed by atoms with van der Waals surface area (Å²) in [5.41, 5.74) is -25.9. The van der Waals surface area contributed by atoms with Crippen molar-refractivity contribution in [2.24, 2.45) is 0 Å². The molecule has 0 aromatic rings. The number of alkyl halides is 18. The summed E-state index contributed by atoms with van der Waals surface area (Å²) in [6, 6.07) is 0. The number of hydrogen-bond acceptors (Lipinski definition) is 0. The molecule has 0 saturated heterocycles. The van der Waals surface area contributed by atoms with Crippen LogP contribution in [0.5, 0.6) is 0 Å². The van der Waals surface area contributed by atoms with Gasteiger partial charge in [-0.3, -0.25) is 0 Å². The lowest BCUT2D eigenvalue weighted by Crippen LogP contribution is -2.73. The third kappa shape index (κ3) is 2.64. The first kappa shape index (κ1) is 24.5. The van der Waals surface area contributed by atoms with E-state index in [4.69, 9.17) is 0 Å². The number of allylic oxidation sites excluding steroid dienone is 2. The minimum Gasteiger partial charge on any atom is -0.218 e. The van der Waals surface area contributed by atoms with Crippen molar-refractivity contribution in [3.05, 3.63) is 11.1 Å². The van der Waals surface area contributed by atoms with E-state index in [9.17, 15) is 79.0 Å². The van der Waals surface area contributed by atoms with Crippen molar-refractivity contribution in [1.29, 1.82) is 0 Å². The van der Waals surface area contributed by atoms with E-state index in [0.29, 0.717) is 0 Å². The molecule has 0 atom stereocenters. The van der Waals surface area contributed by atoms with Crippen LogP contribution in [0.2, 0.25) is 0 Å². The minimum absolute atomic E-state index is 5.08. The first-order valence-electron chi connectivity index (χ1n) is 5.90. The average molecular weight is 462 g/mol. The zero-order valence-electron chi connectivity index (χ0n) is 11.8. The van der Waals surface area contributed by atoms with Gasteiger partial charge in [-0.15, -0.1) is 0 Å². The molecule has 18 heteroatoms. The second kappa shape index (κ2) is 5.54. The van der Waals surface area contributed by atoms with Crippen LogP contribution in [0, 0.1) is 0 Å². The van der Waals surface area contributed by atoms with Gasteiger partial charge in [-0.05, 0) is 0 Å². The van der Waals surface area contributed by atoms with Gasteiger partial charge in [0.15, 0.2) is 0 Å². The summed E-state index contributed by atoms with van der Waals surface area (Å²) in [7, 11) is 0. The van der Waals surface area contributed by atoms with E-state index >= 15 is 0 Å². The Morgan fingerprint density at radius 1 is 0.357 bits per heavy atom. The van der Waals surface area contributed by atoms with Crippen LogP contribution in [0.15, 0.2) is 11.1 Å². The summed E-state index contributed by atoms with van der Waals surface area (Å²) < 4.78 is 229. The fourth-order valence-corrected chi connectivity index (χ4v) is 2.23. The molecule has 0 unspecified atom stereocenters. The van der Waals surface area contributed by atoms with Crippen LogP contribution >= 0.6 is 0 Å². The van der Waals surface area contributed by atoms with Crippen LogP contribution in [0.25, 0.3) is 0 Å². The summed E-state index contributed by atoms with van der Waals surface area (Å²) in [6.07, 6.45) is -31.3. The maximum absolute atomic E-state index is 13.6. The normalized spacial score (nSPS) is 21.6. The van der Waals surface area contributed by atoms with Crippen molar-refractivity contribution in [3.8, 4) is 0 Å². The van der Waals surface area contributed by atoms with Crippen molar-refractivity contribution in [2.75, 3.05) is 0 Å². The highest BCUT2D eigenvalue weighted by molar-refractivity contribution is 5.56. The van der Waals surface area contributed by atoms with Gasteiger partial charge in [-0.1, -0.05) is 0 Å². The summed E-state index contributed by atoms with van der Waals surface area (Å²) in [4.78, 5) is 0. The third-order valence-electron chi connectivity index (χ3n) is 3.52. The minimum atomic E-state index is -7.87. The Morgan fingerprint density at radius 3 is 0.607 bits per heavy atom. The molecule has 0 saturated carbocycles. The molecule has 1 rings (SSSR count). The molecule has 0 bridgehead atoms. The molecule has 0 aromatic heterocycles. The molecule has 0 aromatic carbocycles. The van der Waals surface area contributed by atoms with E-state index in [0.717, 1.165) is 0 Å². The van der Waals surface area contributed by atoms with E-state index < -0.39 is 59.0 Å². The first-order valence-corrected chi connectivity index (χ1v) is 5.90. The highest BCUT2D eigenvalue weighted by Crippen LogP contribution is 2.71. The molecule has 0 nitrogen and oxygen atoms in total. The van der Waals surface area contributed by atoms with E-state index in [1.807, 2.05) is 0 Å². The predicted molar refractivity (Wildman–Crippen MR) is 48.8 cm³/mol. The monoisotopic (exact) mass is 462 g/mol. The van der Waals surface area contributed by atoms with E-state index in [1.54, 1.807) is 0 Å². The lowest BCUT2D eigenvalue weighted by molar-refractivity contribution is -0.367. The molecular formula is C10F18. The smallest absolute Gasteiger partial charge is 0.218 e. The van der Waals surface area contributed by atoms with Crippen LogP contribution in [0.4, 0.5) is 79.0 Å². The zero-order valence-corrected chi connectivity index (χ0v) is 11.8. The Hall–Kier alpha value is -1.52. The molecule has 1 aliphatic carbocycles. The lowest BCUT2D eigenvalue weighted by Gasteiger charge is -2.50. The molecule has 166 valence electrons. The second-order valence-corrected chi connectivity index (χ2v) is 5.21. The molecule has 1 aliphatic rings. The Balaban J connectivity index is 4.27. The van der Waals surface area contributed by atoms with Crippen LogP contribution in [-0.4, -0.2) is 47.9 Å². The van der Waals surface area contributed by atoms with Crippen molar-refractivity contribution >= 4 is 0 Å². The van der Waals surface area contributed by atoms with Gasteiger partial charge in [-0.25, -0.2) is 8.78 Å². The Bertz CT molecular complexity index is 576. The van der Waals surface area contributed by atoms with Crippen molar-refractivity contribution in [1.82, 2.24) is 0 Å². The highest BCUT2D eigenvalue weighted by atomic mass is 19.4. The fourth-order valence-electron chi connectivity index (χ4n) is 2.23. The fraction of sp³-hybridized carbons (Fsp3) is 0.800. The molecule has 0 N–H and O–H groups in total. The number of rotatable bonds is 2. The summed E-state index contributed by atoms with van der Waals surface area (Å²) in [5.74, 6) is -14.4. The van der Waals surface area contributed by atoms with E-state index in [1.165, 1.54) is 0 Å². The molecule has 0 amide bonds. The molecule has 0 radical (unpaired) electrons. The van der Waals surface area contributed by atoms with Gasteiger partial charge >= 0.3 is 47.9 Å². The topological polar surface area (TPSA) is 0 Å². The first-order chi connectivity index (χ1) is 11.7. The van der Waals surface area contributed by atoms with Crippen LogP contribution in [0.3, 0.4) is 0 Å². The molecule has 0 spiro atoms. The number of halogens is 18. The lowest BCUT2D eigenvalue weighted by atomic mass is 9.65. The third-order valence-corrected chi connectivity index (χ3v) is 3.52. The highest BCUT2D eigenvalue weighted by Gasteiger charge is 2.93. The molecule has 28 heavy (non-hydrogen) atoms. The van der Waals surface area contributed by atoms with Gasteiger partial charge in [-0.2, -0.15) is 70.2 Å². The summed E-state index contributed by atoms with van der Waals surface area (Å²) >= 11 is 0. The van der Waals surface area contributed by atoms with E-state index in [-0.39, 0.29) is 0 Å². The largest absolute Gasteiger partial charge is 0.435 e. The summed E-state index contributed by atoms with van der Waals surface area (Å²) in [6.45, 7) is 0.